The van der Waals surface area contributed by atoms with Crippen LogP contribution in [0.2, 0.25) is 10.0 Å². The van der Waals surface area contributed by atoms with E-state index in [0.29, 0.717) is 10.0 Å². The first-order valence-electron chi connectivity index (χ1n) is 5.10. The minimum absolute atomic E-state index is 0.0803. The topological polar surface area (TPSA) is 12.0 Å². The minimum Gasteiger partial charge on any atom is -0.309 e. The van der Waals surface area contributed by atoms with Crippen LogP contribution in [0.3, 0.4) is 0 Å². The largest absolute Gasteiger partial charge is 0.309 e. The van der Waals surface area contributed by atoms with Crippen molar-refractivity contribution in [2.45, 2.75) is 6.04 Å². The zero-order valence-corrected chi connectivity index (χ0v) is 14.8. The number of hydrogen-bond acceptors (Lipinski definition) is 2. The van der Waals surface area contributed by atoms with Crippen molar-refractivity contribution in [2.24, 2.45) is 0 Å². The van der Waals surface area contributed by atoms with Crippen LogP contribution in [0.4, 0.5) is 0 Å². The third-order valence-electron chi connectivity index (χ3n) is 2.56. The third kappa shape index (κ3) is 3.11. The van der Waals surface area contributed by atoms with Crippen molar-refractivity contribution < 1.29 is 0 Å². The predicted molar refractivity (Wildman–Crippen MR) is 87.1 cm³/mol. The molecule has 0 radical (unpaired) electrons. The summed E-state index contributed by atoms with van der Waals surface area (Å²) in [6, 6.07) is 7.87. The number of rotatable bonds is 3. The van der Waals surface area contributed by atoms with Gasteiger partial charge in [0.25, 0.3) is 0 Å². The molecule has 1 atom stereocenters. The number of halogens is 4. The summed E-state index contributed by atoms with van der Waals surface area (Å²) in [6.07, 6.45) is 0. The Kier molecular flexibility index (Phi) is 5.14. The molecule has 0 saturated carbocycles. The fourth-order valence-electron chi connectivity index (χ4n) is 1.74. The van der Waals surface area contributed by atoms with Gasteiger partial charge in [0.1, 0.15) is 0 Å². The van der Waals surface area contributed by atoms with Crippen molar-refractivity contribution in [1.82, 2.24) is 5.32 Å². The van der Waals surface area contributed by atoms with Gasteiger partial charge >= 0.3 is 0 Å². The van der Waals surface area contributed by atoms with Crippen LogP contribution in [0.1, 0.15) is 17.2 Å². The number of benzene rings is 1. The van der Waals surface area contributed by atoms with Crippen LogP contribution in [0, 0.1) is 0 Å². The zero-order chi connectivity index (χ0) is 13.3. The van der Waals surface area contributed by atoms with Crippen LogP contribution in [0.25, 0.3) is 0 Å². The summed E-state index contributed by atoms with van der Waals surface area (Å²) in [5.41, 5.74) is 2.26. The Balaban J connectivity index is 2.45. The van der Waals surface area contributed by atoms with E-state index in [9.17, 15) is 0 Å². The van der Waals surface area contributed by atoms with Gasteiger partial charge in [0.05, 0.1) is 23.7 Å². The Morgan fingerprint density at radius 1 is 1.17 bits per heavy atom. The Bertz CT molecular complexity index is 571. The van der Waals surface area contributed by atoms with E-state index in [1.807, 2.05) is 25.2 Å². The first kappa shape index (κ1) is 14.8. The Morgan fingerprint density at radius 3 is 2.39 bits per heavy atom. The molecule has 0 fully saturated rings. The molecular formula is C12H9Br2Cl2NS. The van der Waals surface area contributed by atoms with Gasteiger partial charge in [-0.2, -0.15) is 0 Å². The molecule has 0 bridgehead atoms. The lowest BCUT2D eigenvalue weighted by atomic mass is 10.0. The van der Waals surface area contributed by atoms with E-state index in [1.165, 1.54) is 5.56 Å². The Hall–Kier alpha value is 0.420. The van der Waals surface area contributed by atoms with Crippen LogP contribution < -0.4 is 5.32 Å². The third-order valence-corrected chi connectivity index (χ3v) is 5.68. The Morgan fingerprint density at radius 2 is 1.89 bits per heavy atom. The van der Waals surface area contributed by atoms with Crippen molar-refractivity contribution in [1.29, 1.82) is 0 Å². The molecule has 0 amide bonds. The second kappa shape index (κ2) is 6.25. The van der Waals surface area contributed by atoms with Gasteiger partial charge in [0.15, 0.2) is 0 Å². The van der Waals surface area contributed by atoms with Crippen LogP contribution in [-0.2, 0) is 0 Å². The summed E-state index contributed by atoms with van der Waals surface area (Å²) in [7, 11) is 1.92. The molecule has 1 aromatic heterocycles. The summed E-state index contributed by atoms with van der Waals surface area (Å²) < 4.78 is 2.18. The highest BCUT2D eigenvalue weighted by atomic mass is 79.9. The summed E-state index contributed by atoms with van der Waals surface area (Å²) in [4.78, 5) is 0. The van der Waals surface area contributed by atoms with Crippen molar-refractivity contribution in [3.05, 3.63) is 53.0 Å². The minimum atomic E-state index is 0.0803. The lowest BCUT2D eigenvalue weighted by molar-refractivity contribution is 0.692. The number of hydrogen-bond donors (Lipinski definition) is 1. The molecule has 1 nitrogen and oxygen atoms in total. The first-order valence-corrected chi connectivity index (χ1v) is 8.25. The fourth-order valence-corrected chi connectivity index (χ4v) is 4.95. The molecule has 18 heavy (non-hydrogen) atoms. The summed E-state index contributed by atoms with van der Waals surface area (Å²) in [5.74, 6) is 0. The molecule has 1 N–H and O–H groups in total. The zero-order valence-electron chi connectivity index (χ0n) is 9.31. The highest BCUT2D eigenvalue weighted by Crippen LogP contribution is 2.38. The van der Waals surface area contributed by atoms with Gasteiger partial charge in [-0.15, -0.1) is 11.3 Å². The number of nitrogens with one attached hydrogen (secondary N) is 1. The summed E-state index contributed by atoms with van der Waals surface area (Å²) in [5, 5.41) is 4.43. The maximum atomic E-state index is 6.07. The molecule has 1 heterocycles. The van der Waals surface area contributed by atoms with E-state index in [2.05, 4.69) is 43.2 Å². The van der Waals surface area contributed by atoms with Gasteiger partial charge in [-0.1, -0.05) is 29.3 Å². The van der Waals surface area contributed by atoms with Gasteiger partial charge in [0, 0.05) is 0 Å². The molecule has 2 aromatic rings. The van der Waals surface area contributed by atoms with E-state index < -0.39 is 0 Å². The quantitative estimate of drug-likeness (QED) is 0.641. The van der Waals surface area contributed by atoms with Crippen LogP contribution in [0.5, 0.6) is 0 Å². The van der Waals surface area contributed by atoms with Crippen LogP contribution in [0.15, 0.2) is 31.8 Å². The van der Waals surface area contributed by atoms with Crippen molar-refractivity contribution >= 4 is 66.4 Å². The predicted octanol–water partition coefficient (Wildman–Crippen LogP) is 5.89. The molecule has 1 aromatic carbocycles. The molecule has 96 valence electrons. The normalized spacial score (nSPS) is 12.7. The van der Waals surface area contributed by atoms with E-state index in [0.717, 1.165) is 13.1 Å². The maximum absolute atomic E-state index is 6.07. The highest BCUT2D eigenvalue weighted by molar-refractivity contribution is 9.12. The molecular weight excluding hydrogens is 421 g/mol. The SMILES string of the molecule is CNC(c1ccc(Cl)c(Cl)c1)c1cc(Br)sc1Br. The van der Waals surface area contributed by atoms with Crippen LogP contribution >= 0.6 is 66.4 Å². The van der Waals surface area contributed by atoms with E-state index in [4.69, 9.17) is 23.2 Å². The van der Waals surface area contributed by atoms with Crippen LogP contribution in [-0.4, -0.2) is 7.05 Å². The molecule has 0 aliphatic rings. The fraction of sp³-hybridized carbons (Fsp3) is 0.167. The van der Waals surface area contributed by atoms with Crippen molar-refractivity contribution in [3.63, 3.8) is 0 Å². The molecule has 0 aliphatic heterocycles. The number of thiophene rings is 1. The van der Waals surface area contributed by atoms with Gasteiger partial charge in [-0.3, -0.25) is 0 Å². The lowest BCUT2D eigenvalue weighted by Crippen LogP contribution is -2.17. The average Bonchev–Trinajstić information content (AvgIpc) is 2.64. The van der Waals surface area contributed by atoms with Crippen molar-refractivity contribution in [3.8, 4) is 0 Å². The molecule has 2 rings (SSSR count). The molecule has 0 spiro atoms. The summed E-state index contributed by atoms with van der Waals surface area (Å²) >= 11 is 20.7. The van der Waals surface area contributed by atoms with Gasteiger partial charge < -0.3 is 5.32 Å². The molecule has 6 heteroatoms. The second-order valence-corrected chi connectivity index (χ2v) is 8.24. The highest BCUT2D eigenvalue weighted by Gasteiger charge is 2.18. The van der Waals surface area contributed by atoms with Gasteiger partial charge in [-0.25, -0.2) is 0 Å². The first-order chi connectivity index (χ1) is 8.52. The standard InChI is InChI=1S/C12H9Br2Cl2NS/c1-17-11(7-5-10(13)18-12(7)14)6-2-3-8(15)9(16)4-6/h2-5,11,17H,1H3. The molecule has 0 aliphatic carbocycles. The summed E-state index contributed by atoms with van der Waals surface area (Å²) in [6.45, 7) is 0. The van der Waals surface area contributed by atoms with Gasteiger partial charge in [0.2, 0.25) is 0 Å². The van der Waals surface area contributed by atoms with E-state index in [-0.39, 0.29) is 6.04 Å². The van der Waals surface area contributed by atoms with Gasteiger partial charge in [-0.05, 0) is 68.2 Å². The lowest BCUT2D eigenvalue weighted by Gasteiger charge is -2.17. The average molecular weight is 430 g/mol. The van der Waals surface area contributed by atoms with Crippen molar-refractivity contribution in [2.75, 3.05) is 7.05 Å². The Labute approximate surface area is 137 Å². The van der Waals surface area contributed by atoms with E-state index in [1.54, 1.807) is 11.3 Å². The second-order valence-electron chi connectivity index (χ2n) is 3.67. The molecule has 0 saturated heterocycles. The molecule has 1 unspecified atom stereocenters. The smallest absolute Gasteiger partial charge is 0.0761 e. The van der Waals surface area contributed by atoms with E-state index >= 15 is 0 Å². The monoisotopic (exact) mass is 427 g/mol. The maximum Gasteiger partial charge on any atom is 0.0761 e.